The molecule has 29 heavy (non-hydrogen) atoms. The zero-order chi connectivity index (χ0) is 20.7. The van der Waals surface area contributed by atoms with E-state index >= 15 is 0 Å². The Kier molecular flexibility index (Phi) is 5.26. The Balaban J connectivity index is 1.77. The van der Waals surface area contributed by atoms with Gasteiger partial charge in [-0.15, -0.1) is 0 Å². The van der Waals surface area contributed by atoms with Gasteiger partial charge in [0, 0.05) is 41.8 Å². The lowest BCUT2D eigenvalue weighted by Crippen LogP contribution is -2.38. The molecule has 3 heterocycles. The minimum atomic E-state index is 0.0455. The highest BCUT2D eigenvalue weighted by atomic mass is 16.5. The predicted octanol–water partition coefficient (Wildman–Crippen LogP) is 4.44. The Labute approximate surface area is 172 Å². The Bertz CT molecular complexity index is 1070. The molecule has 1 aromatic carbocycles. The molecule has 0 radical (unpaired) electrons. The van der Waals surface area contributed by atoms with Crippen molar-refractivity contribution in [3.63, 3.8) is 0 Å². The number of likely N-dealkylation sites (N-methyl/N-ethyl adjacent to an activating group) is 1. The molecule has 1 N–H and O–H groups in total. The van der Waals surface area contributed by atoms with E-state index in [-0.39, 0.29) is 11.7 Å². The Morgan fingerprint density at radius 2 is 2.00 bits per heavy atom. The van der Waals surface area contributed by atoms with Crippen molar-refractivity contribution >= 4 is 10.9 Å². The first-order valence-corrected chi connectivity index (χ1v) is 10.5. The summed E-state index contributed by atoms with van der Waals surface area (Å²) in [7, 11) is 3.97. The van der Waals surface area contributed by atoms with Crippen LogP contribution in [-0.2, 0) is 7.05 Å². The predicted molar refractivity (Wildman–Crippen MR) is 119 cm³/mol. The molecule has 4 rings (SSSR count). The fourth-order valence-electron chi connectivity index (χ4n) is 4.51. The molecular formula is C24H31N3O2. The SMILES string of the molecule is Cc1cc(-c2[nH]c3ccc(O[C@H]4CCCN(C)C4)cc3c2C(C)C)cn(C)c1=O. The summed E-state index contributed by atoms with van der Waals surface area (Å²) in [6.45, 7) is 8.42. The Hall–Kier alpha value is -2.53. The first kappa shape index (κ1) is 19.8. The van der Waals surface area contributed by atoms with E-state index in [4.69, 9.17) is 4.74 Å². The maximum Gasteiger partial charge on any atom is 0.253 e. The summed E-state index contributed by atoms with van der Waals surface area (Å²) in [5, 5.41) is 1.20. The fraction of sp³-hybridized carbons (Fsp3) is 0.458. The van der Waals surface area contributed by atoms with Gasteiger partial charge in [-0.3, -0.25) is 4.79 Å². The van der Waals surface area contributed by atoms with Crippen LogP contribution in [0.15, 0.2) is 35.3 Å². The molecule has 1 saturated heterocycles. The third-order valence-electron chi connectivity index (χ3n) is 5.92. The minimum Gasteiger partial charge on any atom is -0.489 e. The van der Waals surface area contributed by atoms with Crippen LogP contribution < -0.4 is 10.3 Å². The summed E-state index contributed by atoms with van der Waals surface area (Å²) < 4.78 is 8.00. The largest absolute Gasteiger partial charge is 0.489 e. The molecule has 5 nitrogen and oxygen atoms in total. The van der Waals surface area contributed by atoms with Crippen LogP contribution in [0.1, 0.15) is 43.7 Å². The second kappa shape index (κ2) is 7.71. The standard InChI is InChI=1S/C24H31N3O2/c1-15(2)22-20-12-18(29-19-7-6-10-26(4)14-19)8-9-21(20)25-23(22)17-11-16(3)24(28)27(5)13-17/h8-9,11-13,15,19,25H,6-7,10,14H2,1-5H3/t19-/m0/s1. The van der Waals surface area contributed by atoms with Crippen LogP contribution in [0.5, 0.6) is 5.75 Å². The first-order chi connectivity index (χ1) is 13.8. The van der Waals surface area contributed by atoms with E-state index in [9.17, 15) is 4.79 Å². The van der Waals surface area contributed by atoms with E-state index in [1.54, 1.807) is 4.57 Å². The summed E-state index contributed by atoms with van der Waals surface area (Å²) in [6, 6.07) is 8.33. The number of nitrogens with one attached hydrogen (secondary N) is 1. The van der Waals surface area contributed by atoms with Crippen LogP contribution >= 0.6 is 0 Å². The van der Waals surface area contributed by atoms with Crippen molar-refractivity contribution < 1.29 is 4.74 Å². The summed E-state index contributed by atoms with van der Waals surface area (Å²) >= 11 is 0. The molecule has 0 saturated carbocycles. The number of piperidine rings is 1. The second-order valence-electron chi connectivity index (χ2n) is 8.75. The highest BCUT2D eigenvalue weighted by molar-refractivity contribution is 5.92. The van der Waals surface area contributed by atoms with Gasteiger partial charge < -0.3 is 19.2 Å². The number of likely N-dealkylation sites (tertiary alicyclic amines) is 1. The first-order valence-electron chi connectivity index (χ1n) is 10.5. The van der Waals surface area contributed by atoms with Gasteiger partial charge in [0.25, 0.3) is 5.56 Å². The molecule has 0 amide bonds. The molecule has 3 aromatic rings. The molecule has 0 unspecified atom stereocenters. The lowest BCUT2D eigenvalue weighted by atomic mass is 9.96. The lowest BCUT2D eigenvalue weighted by molar-refractivity contribution is 0.104. The molecule has 2 aromatic heterocycles. The van der Waals surface area contributed by atoms with Gasteiger partial charge in [-0.05, 0) is 69.1 Å². The fourth-order valence-corrected chi connectivity index (χ4v) is 4.51. The van der Waals surface area contributed by atoms with Crippen LogP contribution in [0.2, 0.25) is 0 Å². The Morgan fingerprint density at radius 3 is 2.69 bits per heavy atom. The zero-order valence-electron chi connectivity index (χ0n) is 18.1. The lowest BCUT2D eigenvalue weighted by Gasteiger charge is -2.30. The minimum absolute atomic E-state index is 0.0455. The normalized spacial score (nSPS) is 17.9. The quantitative estimate of drug-likeness (QED) is 0.713. The molecule has 154 valence electrons. The van der Waals surface area contributed by atoms with Crippen molar-refractivity contribution in [1.82, 2.24) is 14.5 Å². The number of nitrogens with zero attached hydrogens (tertiary/aromatic N) is 2. The van der Waals surface area contributed by atoms with Crippen LogP contribution in [0.25, 0.3) is 22.2 Å². The third-order valence-corrected chi connectivity index (χ3v) is 5.92. The van der Waals surface area contributed by atoms with Crippen LogP contribution in [0, 0.1) is 6.92 Å². The molecule has 0 aliphatic carbocycles. The van der Waals surface area contributed by atoms with Crippen LogP contribution in [0.3, 0.4) is 0 Å². The molecule has 0 spiro atoms. The molecule has 1 atom stereocenters. The van der Waals surface area contributed by atoms with E-state index in [0.717, 1.165) is 47.6 Å². The average molecular weight is 394 g/mol. The number of hydrogen-bond donors (Lipinski definition) is 1. The Morgan fingerprint density at radius 1 is 1.21 bits per heavy atom. The van der Waals surface area contributed by atoms with Gasteiger partial charge in [0.05, 0.1) is 5.69 Å². The van der Waals surface area contributed by atoms with Gasteiger partial charge in [0.2, 0.25) is 0 Å². The van der Waals surface area contributed by atoms with Crippen molar-refractivity contribution in [1.29, 1.82) is 0 Å². The second-order valence-corrected chi connectivity index (χ2v) is 8.75. The molecular weight excluding hydrogens is 362 g/mol. The molecule has 1 aliphatic rings. The number of pyridine rings is 1. The number of rotatable bonds is 4. The maximum absolute atomic E-state index is 12.1. The monoisotopic (exact) mass is 393 g/mol. The van der Waals surface area contributed by atoms with E-state index < -0.39 is 0 Å². The number of H-pyrrole nitrogens is 1. The molecule has 1 fully saturated rings. The number of aryl methyl sites for hydroxylation is 2. The third kappa shape index (κ3) is 3.84. The number of fused-ring (bicyclic) bond motifs is 1. The van der Waals surface area contributed by atoms with E-state index in [2.05, 4.69) is 49.0 Å². The number of aromatic nitrogens is 2. The topological polar surface area (TPSA) is 50.3 Å². The highest BCUT2D eigenvalue weighted by Gasteiger charge is 2.21. The summed E-state index contributed by atoms with van der Waals surface area (Å²) in [5.41, 5.74) is 5.30. The van der Waals surface area contributed by atoms with E-state index in [1.807, 2.05) is 26.2 Å². The summed E-state index contributed by atoms with van der Waals surface area (Å²) in [4.78, 5) is 18.1. The van der Waals surface area contributed by atoms with Crippen molar-refractivity contribution in [2.45, 2.75) is 45.6 Å². The van der Waals surface area contributed by atoms with Gasteiger partial charge in [0.1, 0.15) is 11.9 Å². The van der Waals surface area contributed by atoms with Crippen molar-refractivity contribution in [2.75, 3.05) is 20.1 Å². The zero-order valence-corrected chi connectivity index (χ0v) is 18.1. The van der Waals surface area contributed by atoms with Gasteiger partial charge in [-0.1, -0.05) is 13.8 Å². The van der Waals surface area contributed by atoms with Crippen LogP contribution in [-0.4, -0.2) is 40.7 Å². The summed E-state index contributed by atoms with van der Waals surface area (Å²) in [6.07, 6.45) is 4.45. The number of hydrogen-bond acceptors (Lipinski definition) is 3. The summed E-state index contributed by atoms with van der Waals surface area (Å²) in [5.74, 6) is 1.27. The molecule has 5 heteroatoms. The van der Waals surface area contributed by atoms with Gasteiger partial charge in [0.15, 0.2) is 0 Å². The molecule has 1 aliphatic heterocycles. The van der Waals surface area contributed by atoms with Crippen molar-refractivity contribution in [3.8, 4) is 17.0 Å². The van der Waals surface area contributed by atoms with Crippen molar-refractivity contribution in [3.05, 3.63) is 51.9 Å². The molecule has 0 bridgehead atoms. The number of benzene rings is 1. The number of aromatic amines is 1. The van der Waals surface area contributed by atoms with Gasteiger partial charge >= 0.3 is 0 Å². The maximum atomic E-state index is 12.1. The van der Waals surface area contributed by atoms with Gasteiger partial charge in [-0.2, -0.15) is 0 Å². The highest BCUT2D eigenvalue weighted by Crippen LogP contribution is 2.37. The average Bonchev–Trinajstić information content (AvgIpc) is 3.05. The van der Waals surface area contributed by atoms with E-state index in [1.165, 1.54) is 17.4 Å². The number of ether oxygens (including phenoxy) is 1. The van der Waals surface area contributed by atoms with Crippen molar-refractivity contribution in [2.24, 2.45) is 7.05 Å². The van der Waals surface area contributed by atoms with Crippen LogP contribution in [0.4, 0.5) is 0 Å². The smallest absolute Gasteiger partial charge is 0.253 e. The van der Waals surface area contributed by atoms with Gasteiger partial charge in [-0.25, -0.2) is 0 Å². The van der Waals surface area contributed by atoms with E-state index in [0.29, 0.717) is 5.92 Å².